The van der Waals surface area contributed by atoms with Gasteiger partial charge in [-0.2, -0.15) is 0 Å². The van der Waals surface area contributed by atoms with Gasteiger partial charge >= 0.3 is 0 Å². The molecular formula is C14H17N5O2. The van der Waals surface area contributed by atoms with Gasteiger partial charge in [0.05, 0.1) is 42.7 Å². The number of aliphatic hydroxyl groups excluding tert-OH is 1. The van der Waals surface area contributed by atoms with E-state index < -0.39 is 6.10 Å². The number of nitrogens with zero attached hydrogens (tertiary/aromatic N) is 3. The first-order chi connectivity index (χ1) is 10.2. The van der Waals surface area contributed by atoms with Gasteiger partial charge in [-0.3, -0.25) is 4.79 Å². The highest BCUT2D eigenvalue weighted by molar-refractivity contribution is 5.91. The Morgan fingerprint density at radius 1 is 1.48 bits per heavy atom. The molecule has 21 heavy (non-hydrogen) atoms. The van der Waals surface area contributed by atoms with Crippen molar-refractivity contribution in [2.75, 3.05) is 0 Å². The van der Waals surface area contributed by atoms with Crippen LogP contribution in [0.4, 0.5) is 0 Å². The highest BCUT2D eigenvalue weighted by atomic mass is 16.3. The average Bonchev–Trinajstić information content (AvgIpc) is 3.19. The lowest BCUT2D eigenvalue weighted by Gasteiger charge is -2.20. The van der Waals surface area contributed by atoms with E-state index in [1.165, 1.54) is 6.08 Å². The van der Waals surface area contributed by atoms with Crippen molar-refractivity contribution in [1.82, 2.24) is 24.8 Å². The van der Waals surface area contributed by atoms with Gasteiger partial charge in [0.1, 0.15) is 0 Å². The molecule has 0 aliphatic heterocycles. The monoisotopic (exact) mass is 287 g/mol. The fourth-order valence-electron chi connectivity index (χ4n) is 2.66. The molecule has 2 aromatic heterocycles. The van der Waals surface area contributed by atoms with Gasteiger partial charge in [-0.15, -0.1) is 0 Å². The molecule has 0 spiro atoms. The first kappa shape index (κ1) is 13.6. The standard InChI is InChI=1S/C14H17N5O2/c20-13(4-1-10-7-16-8-17-10)18-11-2-3-12(14(11)21)19-6-5-15-9-19/h1,4-9,11-12,14,21H,2-3H2,(H,16,17)(H,18,20)/b4-1+/t11-,12-,14-/m1/s1. The van der Waals surface area contributed by atoms with Crippen LogP contribution in [-0.2, 0) is 4.79 Å². The molecule has 3 N–H and O–H groups in total. The van der Waals surface area contributed by atoms with Crippen LogP contribution in [0.3, 0.4) is 0 Å². The minimum atomic E-state index is -0.608. The van der Waals surface area contributed by atoms with E-state index in [1.54, 1.807) is 31.1 Å². The smallest absolute Gasteiger partial charge is 0.244 e. The number of nitrogens with one attached hydrogen (secondary N) is 2. The van der Waals surface area contributed by atoms with Crippen LogP contribution in [0, 0.1) is 0 Å². The summed E-state index contributed by atoms with van der Waals surface area (Å²) in [6.45, 7) is 0. The zero-order chi connectivity index (χ0) is 14.7. The summed E-state index contributed by atoms with van der Waals surface area (Å²) in [6.07, 6.45) is 12.4. The number of aromatic nitrogens is 4. The molecule has 0 saturated heterocycles. The van der Waals surface area contributed by atoms with Gasteiger partial charge in [-0.1, -0.05) is 0 Å². The molecule has 1 aliphatic rings. The first-order valence-electron chi connectivity index (χ1n) is 6.86. The minimum Gasteiger partial charge on any atom is -0.389 e. The Labute approximate surface area is 121 Å². The third-order valence-corrected chi connectivity index (χ3v) is 3.75. The summed E-state index contributed by atoms with van der Waals surface area (Å²) in [5.41, 5.74) is 0.758. The number of rotatable bonds is 4. The summed E-state index contributed by atoms with van der Waals surface area (Å²) in [5.74, 6) is -0.222. The number of aromatic amines is 1. The van der Waals surface area contributed by atoms with Gasteiger partial charge in [0.25, 0.3) is 0 Å². The SMILES string of the molecule is O=C(/C=C/c1cnc[nH]1)N[C@@H]1CC[C@@H](n2ccnc2)[C@@H]1O. The number of amides is 1. The van der Waals surface area contributed by atoms with Crippen molar-refractivity contribution in [1.29, 1.82) is 0 Å². The molecule has 110 valence electrons. The van der Waals surface area contributed by atoms with Crippen molar-refractivity contribution in [2.24, 2.45) is 0 Å². The van der Waals surface area contributed by atoms with Gasteiger partial charge in [0.15, 0.2) is 0 Å². The second-order valence-corrected chi connectivity index (χ2v) is 5.10. The predicted molar refractivity (Wildman–Crippen MR) is 76.1 cm³/mol. The minimum absolute atomic E-state index is 0.0330. The van der Waals surface area contributed by atoms with Crippen LogP contribution in [0.5, 0.6) is 0 Å². The zero-order valence-corrected chi connectivity index (χ0v) is 11.4. The molecule has 3 rings (SSSR count). The topological polar surface area (TPSA) is 95.8 Å². The lowest BCUT2D eigenvalue weighted by molar-refractivity contribution is -0.117. The molecule has 7 nitrogen and oxygen atoms in total. The summed E-state index contributed by atoms with van der Waals surface area (Å²) in [6, 6.07) is -0.272. The summed E-state index contributed by atoms with van der Waals surface area (Å²) in [7, 11) is 0. The molecule has 2 heterocycles. The van der Waals surface area contributed by atoms with Crippen LogP contribution < -0.4 is 5.32 Å². The molecule has 7 heteroatoms. The Bertz CT molecular complexity index is 605. The third-order valence-electron chi connectivity index (χ3n) is 3.75. The van der Waals surface area contributed by atoms with Crippen molar-refractivity contribution in [2.45, 2.75) is 31.0 Å². The van der Waals surface area contributed by atoms with Gasteiger partial charge < -0.3 is 20.0 Å². The summed E-state index contributed by atoms with van der Waals surface area (Å²) in [4.78, 5) is 22.6. The Kier molecular flexibility index (Phi) is 3.83. The fraction of sp³-hybridized carbons (Fsp3) is 0.357. The predicted octanol–water partition coefficient (Wildman–Crippen LogP) is 0.500. The molecular weight excluding hydrogens is 270 g/mol. The lowest BCUT2D eigenvalue weighted by Crippen LogP contribution is -2.41. The Morgan fingerprint density at radius 3 is 3.10 bits per heavy atom. The van der Waals surface area contributed by atoms with Gasteiger partial charge in [-0.05, 0) is 18.9 Å². The van der Waals surface area contributed by atoms with E-state index in [1.807, 2.05) is 10.8 Å². The van der Waals surface area contributed by atoms with Crippen LogP contribution in [0.1, 0.15) is 24.6 Å². The van der Waals surface area contributed by atoms with E-state index in [4.69, 9.17) is 0 Å². The lowest BCUT2D eigenvalue weighted by atomic mass is 10.1. The number of imidazole rings is 2. The quantitative estimate of drug-likeness (QED) is 0.713. The highest BCUT2D eigenvalue weighted by Crippen LogP contribution is 2.30. The normalized spacial score (nSPS) is 25.5. The van der Waals surface area contributed by atoms with Gasteiger partial charge in [0.2, 0.25) is 5.91 Å². The molecule has 3 atom stereocenters. The second-order valence-electron chi connectivity index (χ2n) is 5.10. The number of carbonyl (C=O) groups excluding carboxylic acids is 1. The Balaban J connectivity index is 1.57. The van der Waals surface area contributed by atoms with E-state index in [9.17, 15) is 9.90 Å². The Hall–Kier alpha value is -2.41. The number of hydrogen-bond acceptors (Lipinski definition) is 4. The van der Waals surface area contributed by atoms with E-state index in [2.05, 4.69) is 20.3 Å². The highest BCUT2D eigenvalue weighted by Gasteiger charge is 2.36. The van der Waals surface area contributed by atoms with Gasteiger partial charge in [0, 0.05) is 18.5 Å². The van der Waals surface area contributed by atoms with E-state index in [-0.39, 0.29) is 18.0 Å². The molecule has 1 saturated carbocycles. The summed E-state index contributed by atoms with van der Waals surface area (Å²) < 4.78 is 1.89. The molecule has 1 aliphatic carbocycles. The number of carbonyl (C=O) groups is 1. The largest absolute Gasteiger partial charge is 0.389 e. The van der Waals surface area contributed by atoms with Gasteiger partial charge in [-0.25, -0.2) is 9.97 Å². The van der Waals surface area contributed by atoms with Crippen LogP contribution in [0.2, 0.25) is 0 Å². The van der Waals surface area contributed by atoms with Crippen LogP contribution >= 0.6 is 0 Å². The number of H-pyrrole nitrogens is 1. The van der Waals surface area contributed by atoms with Crippen molar-refractivity contribution in [3.05, 3.63) is 43.0 Å². The zero-order valence-electron chi connectivity index (χ0n) is 11.4. The van der Waals surface area contributed by atoms with Crippen molar-refractivity contribution >= 4 is 12.0 Å². The molecule has 2 aromatic rings. The third kappa shape index (κ3) is 3.03. The number of aliphatic hydroxyl groups is 1. The molecule has 0 bridgehead atoms. The summed E-state index contributed by atoms with van der Waals surface area (Å²) in [5, 5.41) is 13.2. The fourth-order valence-corrected chi connectivity index (χ4v) is 2.66. The Morgan fingerprint density at radius 2 is 2.38 bits per heavy atom. The van der Waals surface area contributed by atoms with Crippen LogP contribution in [0.15, 0.2) is 37.3 Å². The van der Waals surface area contributed by atoms with Crippen molar-refractivity contribution in [3.63, 3.8) is 0 Å². The number of hydrogen-bond donors (Lipinski definition) is 3. The maximum atomic E-state index is 11.9. The first-order valence-corrected chi connectivity index (χ1v) is 6.86. The van der Waals surface area contributed by atoms with E-state index in [0.717, 1.165) is 18.5 Å². The molecule has 1 fully saturated rings. The second kappa shape index (κ2) is 5.92. The van der Waals surface area contributed by atoms with Crippen LogP contribution in [-0.4, -0.2) is 42.7 Å². The molecule has 0 radical (unpaired) electrons. The molecule has 0 unspecified atom stereocenters. The van der Waals surface area contributed by atoms with E-state index >= 15 is 0 Å². The molecule has 1 amide bonds. The maximum absolute atomic E-state index is 11.9. The van der Waals surface area contributed by atoms with Crippen LogP contribution in [0.25, 0.3) is 6.08 Å². The van der Waals surface area contributed by atoms with Crippen molar-refractivity contribution < 1.29 is 9.90 Å². The maximum Gasteiger partial charge on any atom is 0.244 e. The summed E-state index contributed by atoms with van der Waals surface area (Å²) >= 11 is 0. The van der Waals surface area contributed by atoms with Crippen molar-refractivity contribution in [3.8, 4) is 0 Å². The average molecular weight is 287 g/mol. The molecule has 0 aromatic carbocycles. The van der Waals surface area contributed by atoms with E-state index in [0.29, 0.717) is 0 Å².